The van der Waals surface area contributed by atoms with Gasteiger partial charge in [0.05, 0.1) is 6.04 Å². The molecule has 7 heteroatoms. The number of carbonyl (C=O) groups excluding carboxylic acids is 2. The Bertz CT molecular complexity index is 783. The van der Waals surface area contributed by atoms with Crippen LogP contribution in [0.4, 0.5) is 4.79 Å². The zero-order valence-corrected chi connectivity index (χ0v) is 16.1. The van der Waals surface area contributed by atoms with E-state index in [1.165, 1.54) is 19.3 Å². The van der Waals surface area contributed by atoms with Gasteiger partial charge in [0.2, 0.25) is 6.79 Å². The number of aliphatic imine (C=N–C) groups is 1. The molecule has 0 spiro atoms. The zero-order valence-electron chi connectivity index (χ0n) is 16.1. The SMILES string of the molecule is CC1=NC(=O)NC(c2ccc3c(c2)OCO3)C1C(=O)OC1CCCCCCC1. The third-order valence-corrected chi connectivity index (χ3v) is 5.68. The molecular weight excluding hydrogens is 360 g/mol. The van der Waals surface area contributed by atoms with Crippen molar-refractivity contribution in [3.05, 3.63) is 23.8 Å². The van der Waals surface area contributed by atoms with Crippen LogP contribution in [0.25, 0.3) is 0 Å². The van der Waals surface area contributed by atoms with Crippen molar-refractivity contribution in [3.63, 3.8) is 0 Å². The number of hydrogen-bond acceptors (Lipinski definition) is 5. The largest absolute Gasteiger partial charge is 0.462 e. The molecule has 0 bridgehead atoms. The molecule has 7 nitrogen and oxygen atoms in total. The van der Waals surface area contributed by atoms with Crippen molar-refractivity contribution in [1.82, 2.24) is 5.32 Å². The number of hydrogen-bond donors (Lipinski definition) is 1. The van der Waals surface area contributed by atoms with E-state index < -0.39 is 18.0 Å². The second-order valence-corrected chi connectivity index (χ2v) is 7.67. The second-order valence-electron chi connectivity index (χ2n) is 7.67. The van der Waals surface area contributed by atoms with E-state index >= 15 is 0 Å². The molecule has 2 atom stereocenters. The van der Waals surface area contributed by atoms with Crippen LogP contribution in [0, 0.1) is 5.92 Å². The van der Waals surface area contributed by atoms with Crippen LogP contribution in [0.15, 0.2) is 23.2 Å². The standard InChI is InChI=1S/C21H26N2O5/c1-13-18(20(24)28-15-7-5-3-2-4-6-8-15)19(23-21(25)22-13)14-9-10-16-17(11-14)27-12-26-16/h9-11,15,18-19H,2-8,12H2,1H3,(H,23,25). The minimum Gasteiger partial charge on any atom is -0.462 e. The Morgan fingerprint density at radius 1 is 1.11 bits per heavy atom. The first kappa shape index (κ1) is 18.8. The third-order valence-electron chi connectivity index (χ3n) is 5.68. The predicted octanol–water partition coefficient (Wildman–Crippen LogP) is 3.91. The minimum atomic E-state index is -0.650. The van der Waals surface area contributed by atoms with E-state index in [2.05, 4.69) is 10.3 Å². The topological polar surface area (TPSA) is 86.2 Å². The van der Waals surface area contributed by atoms with Crippen LogP contribution in [0.3, 0.4) is 0 Å². The first-order chi connectivity index (χ1) is 13.6. The van der Waals surface area contributed by atoms with Crippen molar-refractivity contribution in [3.8, 4) is 11.5 Å². The Kier molecular flexibility index (Phi) is 5.50. The fraction of sp³-hybridized carbons (Fsp3) is 0.571. The first-order valence-corrected chi connectivity index (χ1v) is 10.1. The highest BCUT2D eigenvalue weighted by atomic mass is 16.7. The molecule has 2 unspecified atom stereocenters. The summed E-state index contributed by atoms with van der Waals surface area (Å²) in [5, 5.41) is 2.82. The minimum absolute atomic E-state index is 0.0596. The molecule has 1 N–H and O–H groups in total. The monoisotopic (exact) mass is 386 g/mol. The van der Waals surface area contributed by atoms with Crippen LogP contribution in [-0.4, -0.2) is 30.6 Å². The van der Waals surface area contributed by atoms with Crippen molar-refractivity contribution in [2.45, 2.75) is 64.0 Å². The van der Waals surface area contributed by atoms with Gasteiger partial charge in [0.15, 0.2) is 11.5 Å². The van der Waals surface area contributed by atoms with Gasteiger partial charge in [-0.2, -0.15) is 0 Å². The molecule has 2 amide bonds. The smallest absolute Gasteiger partial charge is 0.341 e. The number of ether oxygens (including phenoxy) is 3. The molecular formula is C21H26N2O5. The van der Waals surface area contributed by atoms with Crippen molar-refractivity contribution >= 4 is 17.7 Å². The molecule has 0 aromatic heterocycles. The average molecular weight is 386 g/mol. The molecule has 1 aromatic carbocycles. The van der Waals surface area contributed by atoms with Crippen molar-refractivity contribution in [2.75, 3.05) is 6.79 Å². The lowest BCUT2D eigenvalue weighted by atomic mass is 9.88. The lowest BCUT2D eigenvalue weighted by Gasteiger charge is -2.31. The maximum atomic E-state index is 13.1. The van der Waals surface area contributed by atoms with E-state index in [1.54, 1.807) is 13.0 Å². The summed E-state index contributed by atoms with van der Waals surface area (Å²) < 4.78 is 16.7. The zero-order chi connectivity index (χ0) is 19.5. The van der Waals surface area contributed by atoms with Gasteiger partial charge in [-0.3, -0.25) is 4.79 Å². The summed E-state index contributed by atoms with van der Waals surface area (Å²) in [6.45, 7) is 1.88. The number of amides is 2. The highest BCUT2D eigenvalue weighted by molar-refractivity contribution is 6.08. The highest BCUT2D eigenvalue weighted by Gasteiger charge is 2.39. The fourth-order valence-corrected chi connectivity index (χ4v) is 4.18. The van der Waals surface area contributed by atoms with Crippen molar-refractivity contribution in [2.24, 2.45) is 10.9 Å². The van der Waals surface area contributed by atoms with Crippen molar-refractivity contribution < 1.29 is 23.8 Å². The van der Waals surface area contributed by atoms with Gasteiger partial charge in [-0.1, -0.05) is 25.3 Å². The molecule has 1 fully saturated rings. The quantitative estimate of drug-likeness (QED) is 0.796. The van der Waals surface area contributed by atoms with Gasteiger partial charge in [0.25, 0.3) is 0 Å². The molecule has 4 rings (SSSR count). The van der Waals surface area contributed by atoms with E-state index in [4.69, 9.17) is 14.2 Å². The van der Waals surface area contributed by atoms with Crippen molar-refractivity contribution in [1.29, 1.82) is 0 Å². The number of carbonyl (C=O) groups is 2. The molecule has 1 aromatic rings. The van der Waals surface area contributed by atoms with Gasteiger partial charge in [0.1, 0.15) is 12.0 Å². The second kappa shape index (κ2) is 8.20. The predicted molar refractivity (Wildman–Crippen MR) is 103 cm³/mol. The number of benzene rings is 1. The Morgan fingerprint density at radius 3 is 2.61 bits per heavy atom. The Morgan fingerprint density at radius 2 is 1.82 bits per heavy atom. The van der Waals surface area contributed by atoms with Crippen LogP contribution in [0.1, 0.15) is 63.5 Å². The van der Waals surface area contributed by atoms with Crippen LogP contribution in [-0.2, 0) is 9.53 Å². The van der Waals surface area contributed by atoms with E-state index in [0.717, 1.165) is 31.2 Å². The molecule has 28 heavy (non-hydrogen) atoms. The fourth-order valence-electron chi connectivity index (χ4n) is 4.18. The number of urea groups is 1. The molecule has 2 aliphatic heterocycles. The number of esters is 1. The van der Waals surface area contributed by atoms with E-state index in [1.807, 2.05) is 12.1 Å². The number of rotatable bonds is 3. The van der Waals surface area contributed by atoms with Gasteiger partial charge < -0.3 is 19.5 Å². The lowest BCUT2D eigenvalue weighted by Crippen LogP contribution is -2.45. The Balaban J connectivity index is 1.55. The van der Waals surface area contributed by atoms with Gasteiger partial charge in [-0.25, -0.2) is 9.79 Å². The summed E-state index contributed by atoms with van der Waals surface area (Å²) in [5.41, 5.74) is 1.24. The first-order valence-electron chi connectivity index (χ1n) is 10.1. The molecule has 0 radical (unpaired) electrons. The van der Waals surface area contributed by atoms with Crippen LogP contribution < -0.4 is 14.8 Å². The maximum Gasteiger partial charge on any atom is 0.341 e. The lowest BCUT2D eigenvalue weighted by molar-refractivity contribution is -0.153. The molecule has 1 saturated carbocycles. The molecule has 2 heterocycles. The summed E-state index contributed by atoms with van der Waals surface area (Å²) in [7, 11) is 0. The molecule has 1 aliphatic carbocycles. The summed E-state index contributed by atoms with van der Waals surface area (Å²) in [6, 6.07) is 4.45. The molecule has 0 saturated heterocycles. The van der Waals surface area contributed by atoms with Gasteiger partial charge >= 0.3 is 12.0 Å². The summed E-state index contributed by atoms with van der Waals surface area (Å²) >= 11 is 0. The summed E-state index contributed by atoms with van der Waals surface area (Å²) in [5.74, 6) is 0.293. The Labute approximate surface area is 164 Å². The van der Waals surface area contributed by atoms with Crippen LogP contribution >= 0.6 is 0 Å². The number of nitrogens with zero attached hydrogens (tertiary/aromatic N) is 1. The van der Waals surface area contributed by atoms with E-state index in [-0.39, 0.29) is 18.9 Å². The van der Waals surface area contributed by atoms with E-state index in [0.29, 0.717) is 17.2 Å². The summed E-state index contributed by atoms with van der Waals surface area (Å²) in [4.78, 5) is 29.1. The van der Waals surface area contributed by atoms with E-state index in [9.17, 15) is 9.59 Å². The van der Waals surface area contributed by atoms with Gasteiger partial charge in [-0.05, 0) is 50.3 Å². The van der Waals surface area contributed by atoms with Crippen LogP contribution in [0.2, 0.25) is 0 Å². The normalized spacial score (nSPS) is 25.3. The Hall–Kier alpha value is -2.57. The van der Waals surface area contributed by atoms with Crippen LogP contribution in [0.5, 0.6) is 11.5 Å². The molecule has 150 valence electrons. The van der Waals surface area contributed by atoms with Gasteiger partial charge in [0, 0.05) is 5.71 Å². The third kappa shape index (κ3) is 3.98. The molecule has 3 aliphatic rings. The highest BCUT2D eigenvalue weighted by Crippen LogP contribution is 2.37. The number of fused-ring (bicyclic) bond motifs is 1. The number of nitrogens with one attached hydrogen (secondary N) is 1. The maximum absolute atomic E-state index is 13.1. The van der Waals surface area contributed by atoms with Gasteiger partial charge in [-0.15, -0.1) is 0 Å². The average Bonchev–Trinajstić information content (AvgIpc) is 3.10. The summed E-state index contributed by atoms with van der Waals surface area (Å²) in [6.07, 6.45) is 7.53.